The summed E-state index contributed by atoms with van der Waals surface area (Å²) in [7, 11) is -16.1. The molecule has 0 spiro atoms. The molecule has 0 radical (unpaired) electrons. The molecule has 2 unspecified atom stereocenters. The normalized spacial score (nSPS) is 30.8. The van der Waals surface area contributed by atoms with Crippen LogP contribution in [0.1, 0.15) is 30.7 Å². The van der Waals surface area contributed by atoms with Crippen molar-refractivity contribution < 1.29 is 85.4 Å². The Kier molecular flexibility index (Phi) is 13.4. The van der Waals surface area contributed by atoms with Crippen molar-refractivity contribution in [3.05, 3.63) is 68.0 Å². The molecule has 3 aliphatic rings. The van der Waals surface area contributed by atoms with E-state index in [0.29, 0.717) is 4.57 Å². The largest absolute Gasteiger partial charge is 0.472 e. The first-order valence-corrected chi connectivity index (χ1v) is 22.6. The Labute approximate surface area is 350 Å². The zero-order valence-corrected chi connectivity index (χ0v) is 34.7. The van der Waals surface area contributed by atoms with Crippen molar-refractivity contribution in [3.63, 3.8) is 0 Å². The van der Waals surface area contributed by atoms with Crippen molar-refractivity contribution in [2.45, 2.75) is 80.9 Å². The second-order valence-electron chi connectivity index (χ2n) is 14.1. The van der Waals surface area contributed by atoms with Crippen LogP contribution in [0, 0.1) is 6.92 Å². The van der Waals surface area contributed by atoms with Gasteiger partial charge in [0.15, 0.2) is 23.9 Å². The summed E-state index contributed by atoms with van der Waals surface area (Å²) in [5.74, 6) is -0.294. The lowest BCUT2D eigenvalue weighted by molar-refractivity contribution is -0.0627. The van der Waals surface area contributed by atoms with Crippen molar-refractivity contribution in [2.75, 3.05) is 31.3 Å². The molecule has 0 aliphatic carbocycles. The molecular formula is C29H39N10O21P3. The van der Waals surface area contributed by atoms with Crippen molar-refractivity contribution in [1.29, 1.82) is 0 Å². The molecule has 0 saturated carbocycles. The minimum Gasteiger partial charge on any atom is -0.390 e. The Morgan fingerprint density at radius 1 is 0.810 bits per heavy atom. The predicted molar refractivity (Wildman–Crippen MR) is 202 cm³/mol. The summed E-state index contributed by atoms with van der Waals surface area (Å²) in [6.45, 7) is -1.61. The fraction of sp³-hybridized carbons (Fsp3) is 0.552. The predicted octanol–water partition coefficient (Wildman–Crippen LogP) is -3.62. The topological polar surface area (TPSA) is 452 Å². The van der Waals surface area contributed by atoms with Gasteiger partial charge >= 0.3 is 34.8 Å². The third kappa shape index (κ3) is 10.4. The number of aryl methyl sites for hydroxylation is 1. The van der Waals surface area contributed by atoms with Crippen molar-refractivity contribution >= 4 is 46.3 Å². The fourth-order valence-electron chi connectivity index (χ4n) is 6.81. The Balaban J connectivity index is 1.07. The lowest BCUT2D eigenvalue weighted by Crippen LogP contribution is -2.38. The zero-order chi connectivity index (χ0) is 45.8. The molecule has 3 aliphatic heterocycles. The van der Waals surface area contributed by atoms with Crippen LogP contribution in [0.15, 0.2) is 45.5 Å². The number of aliphatic hydroxyl groups is 3. The maximum absolute atomic E-state index is 13.5. The molecule has 0 aromatic carbocycles. The number of fused-ring (bicyclic) bond motifs is 1. The second-order valence-corrected chi connectivity index (χ2v) is 18.2. The van der Waals surface area contributed by atoms with Gasteiger partial charge in [0.2, 0.25) is 0 Å². The average molecular weight is 957 g/mol. The van der Waals surface area contributed by atoms with Crippen LogP contribution in [0.5, 0.6) is 0 Å². The van der Waals surface area contributed by atoms with Crippen molar-refractivity contribution in [2.24, 2.45) is 0 Å². The number of phosphoric ester groups is 3. The molecule has 31 nitrogen and oxygen atoms in total. The molecule has 7 heterocycles. The maximum atomic E-state index is 13.5. The van der Waals surface area contributed by atoms with Crippen LogP contribution in [0.3, 0.4) is 0 Å². The van der Waals surface area contributed by atoms with Crippen molar-refractivity contribution in [3.8, 4) is 0 Å². The summed E-state index contributed by atoms with van der Waals surface area (Å²) in [6, 6.07) is 1.14. The molecule has 3 fully saturated rings. The number of imidazole rings is 1. The van der Waals surface area contributed by atoms with Gasteiger partial charge in [0, 0.05) is 24.4 Å². The van der Waals surface area contributed by atoms with Gasteiger partial charge in [-0.1, -0.05) is 0 Å². The number of H-pyrrole nitrogens is 1. The third-order valence-corrected chi connectivity index (χ3v) is 12.2. The number of ether oxygens (including phenoxy) is 3. The minimum atomic E-state index is -5.50. The van der Waals surface area contributed by atoms with Gasteiger partial charge in [-0.3, -0.25) is 46.1 Å². The number of nitrogen functional groups attached to an aromatic ring is 2. The number of rotatable bonds is 16. The van der Waals surface area contributed by atoms with Gasteiger partial charge in [-0.05, 0) is 13.0 Å². The second kappa shape index (κ2) is 18.0. The molecule has 12 N–H and O–H groups in total. The van der Waals surface area contributed by atoms with Crippen LogP contribution in [-0.2, 0) is 50.5 Å². The van der Waals surface area contributed by atoms with E-state index in [9.17, 15) is 63.0 Å². The lowest BCUT2D eigenvalue weighted by Gasteiger charge is -2.26. The van der Waals surface area contributed by atoms with Gasteiger partial charge in [0.25, 0.3) is 5.56 Å². The molecule has 346 valence electrons. The molecular weight excluding hydrogens is 917 g/mol. The van der Waals surface area contributed by atoms with Gasteiger partial charge in [-0.25, -0.2) is 38.2 Å². The number of hydrogen-bond acceptors (Lipinski definition) is 23. The highest BCUT2D eigenvalue weighted by Crippen LogP contribution is 2.52. The third-order valence-electron chi connectivity index (χ3n) is 9.79. The number of phosphoric acid groups is 3. The SMILES string of the molecule is Cc1cn([C@H]2C[C@H](O)[C@@H](COP(=O)(O)O[C@H]3[C@@H](O)[C@H](n4ccc(N)nc4=O)O[C@@H]3COP(=O)(O)O[C@H]3[C@@H](O)[C@H](n4cnc5c(N)ncnc54)O[C@@H]3COP(=O)(O)O)O2)c(=O)[nH]c1=O. The fourth-order valence-corrected chi connectivity index (χ4v) is 9.08. The number of aromatic amines is 1. The summed E-state index contributed by atoms with van der Waals surface area (Å²) in [4.78, 5) is 94.7. The van der Waals surface area contributed by atoms with E-state index in [2.05, 4.69) is 29.4 Å². The summed E-state index contributed by atoms with van der Waals surface area (Å²) < 4.78 is 83.4. The van der Waals surface area contributed by atoms with E-state index in [0.717, 1.165) is 34.1 Å². The van der Waals surface area contributed by atoms with Crippen LogP contribution in [0.4, 0.5) is 11.6 Å². The first-order valence-electron chi connectivity index (χ1n) is 18.1. The van der Waals surface area contributed by atoms with Gasteiger partial charge in [-0.15, -0.1) is 0 Å². The number of nitrogens with one attached hydrogen (secondary N) is 1. The molecule has 13 atom stereocenters. The molecule has 0 amide bonds. The molecule has 4 aromatic rings. The number of aliphatic hydroxyl groups excluding tert-OH is 3. The highest BCUT2D eigenvalue weighted by Gasteiger charge is 2.53. The molecule has 34 heteroatoms. The lowest BCUT2D eigenvalue weighted by atomic mass is 10.1. The van der Waals surface area contributed by atoms with E-state index >= 15 is 0 Å². The van der Waals surface area contributed by atoms with E-state index in [4.69, 9.17) is 43.8 Å². The zero-order valence-electron chi connectivity index (χ0n) is 32.0. The Hall–Kier alpha value is -4.20. The van der Waals surface area contributed by atoms with Crippen LogP contribution in [0.2, 0.25) is 0 Å². The molecule has 7 rings (SSSR count). The van der Waals surface area contributed by atoms with E-state index < -0.39 is 128 Å². The van der Waals surface area contributed by atoms with Gasteiger partial charge in [0.05, 0.1) is 32.3 Å². The summed E-state index contributed by atoms with van der Waals surface area (Å²) in [5.41, 5.74) is 9.03. The summed E-state index contributed by atoms with van der Waals surface area (Å²) in [5, 5.41) is 33.2. The Morgan fingerprint density at radius 3 is 2.00 bits per heavy atom. The smallest absolute Gasteiger partial charge is 0.390 e. The van der Waals surface area contributed by atoms with E-state index in [1.54, 1.807) is 0 Å². The molecule has 63 heavy (non-hydrogen) atoms. The van der Waals surface area contributed by atoms with Crippen LogP contribution >= 0.6 is 23.5 Å². The van der Waals surface area contributed by atoms with Gasteiger partial charge in [0.1, 0.15) is 66.6 Å². The monoisotopic (exact) mass is 956 g/mol. The van der Waals surface area contributed by atoms with Crippen LogP contribution in [-0.4, -0.2) is 142 Å². The number of anilines is 2. The van der Waals surface area contributed by atoms with Gasteiger partial charge in [-0.2, -0.15) is 4.98 Å². The van der Waals surface area contributed by atoms with E-state index in [1.807, 2.05) is 0 Å². The number of nitrogens with two attached hydrogens (primary N) is 2. The quantitative estimate of drug-likeness (QED) is 0.0485. The molecule has 4 aromatic heterocycles. The van der Waals surface area contributed by atoms with E-state index in [-0.39, 0.29) is 34.8 Å². The number of hydrogen-bond donors (Lipinski definition) is 10. The number of nitrogens with zero attached hydrogens (tertiary/aromatic N) is 7. The maximum Gasteiger partial charge on any atom is 0.472 e. The minimum absolute atomic E-state index is 0.0113. The Bertz CT molecular complexity index is 2660. The summed E-state index contributed by atoms with van der Waals surface area (Å²) in [6.07, 6.45) is -14.6. The summed E-state index contributed by atoms with van der Waals surface area (Å²) >= 11 is 0. The standard InChI is InChI=1S/C29H39N10O21P3/c1-11-5-38(29(45)36-25(11)43)17-4-12(40)13(56-17)6-54-62(49,50)60-22-15(57-26(19(22)41)37-3-2-16(30)35-28(37)44)8-55-63(51,52)59-21-14(7-53-61(46,47)48)58-27(20(21)42)39-10-34-18-23(31)32-9-33-24(18)39/h2-3,5,9-10,12-15,17,19-22,26-27,40-42H,4,6-8H2,1H3,(H,49,50)(H,51,52)(H2,30,35,44)(H2,31,32,33)(H,36,43,45)(H2,46,47,48)/t12-,13+,14+,15+,17+,19+,20+,21+,22+,26+,27+/m0/s1. The molecule has 0 bridgehead atoms. The average Bonchev–Trinajstić information content (AvgIpc) is 3.95. The number of aromatic nitrogens is 8. The van der Waals surface area contributed by atoms with Crippen LogP contribution < -0.4 is 28.4 Å². The molecule has 3 saturated heterocycles. The Morgan fingerprint density at radius 2 is 1.40 bits per heavy atom. The van der Waals surface area contributed by atoms with Gasteiger partial charge < -0.3 is 60.6 Å². The first kappa shape index (κ1) is 46.8. The highest BCUT2D eigenvalue weighted by molar-refractivity contribution is 7.47. The van der Waals surface area contributed by atoms with Crippen molar-refractivity contribution in [1.82, 2.24) is 38.6 Å². The van der Waals surface area contributed by atoms with Crippen LogP contribution in [0.25, 0.3) is 11.2 Å². The van der Waals surface area contributed by atoms with E-state index in [1.165, 1.54) is 13.1 Å². The first-order chi connectivity index (χ1) is 29.5. The highest BCUT2D eigenvalue weighted by atomic mass is 31.2.